The molecule has 0 aliphatic carbocycles. The first-order valence-electron chi connectivity index (χ1n) is 10.0. The molecule has 3 rings (SSSR count). The SMILES string of the molecule is CCOC(=O)c1ccc(N2CCCC2)c(N=Cc2cc(OC)c(OC)c(OC)c2)c1. The molecule has 30 heavy (non-hydrogen) atoms. The van der Waals surface area contributed by atoms with Gasteiger partial charge in [0.2, 0.25) is 5.75 Å². The van der Waals surface area contributed by atoms with Gasteiger partial charge in [0.15, 0.2) is 11.5 Å². The fourth-order valence-corrected chi connectivity index (χ4v) is 3.51. The van der Waals surface area contributed by atoms with Crippen molar-refractivity contribution in [2.75, 3.05) is 45.9 Å². The number of hydrogen-bond donors (Lipinski definition) is 0. The molecule has 7 heteroatoms. The molecule has 0 N–H and O–H groups in total. The summed E-state index contributed by atoms with van der Waals surface area (Å²) in [6, 6.07) is 9.18. The predicted molar refractivity (Wildman–Crippen MR) is 117 cm³/mol. The average Bonchev–Trinajstić information content (AvgIpc) is 3.31. The molecule has 1 saturated heterocycles. The van der Waals surface area contributed by atoms with Gasteiger partial charge in [0.05, 0.1) is 44.9 Å². The van der Waals surface area contributed by atoms with Crippen LogP contribution in [0, 0.1) is 0 Å². The van der Waals surface area contributed by atoms with Gasteiger partial charge < -0.3 is 23.8 Å². The van der Waals surface area contributed by atoms with E-state index in [1.807, 2.05) is 18.2 Å². The number of nitrogens with zero attached hydrogens (tertiary/aromatic N) is 2. The number of methoxy groups -OCH3 is 3. The van der Waals surface area contributed by atoms with Gasteiger partial charge in [-0.25, -0.2) is 4.79 Å². The highest BCUT2D eigenvalue weighted by atomic mass is 16.5. The number of aliphatic imine (C=N–C) groups is 1. The molecule has 1 heterocycles. The van der Waals surface area contributed by atoms with Gasteiger partial charge in [-0.15, -0.1) is 0 Å². The van der Waals surface area contributed by atoms with Crippen molar-refractivity contribution in [1.82, 2.24) is 0 Å². The average molecular weight is 412 g/mol. The summed E-state index contributed by atoms with van der Waals surface area (Å²) in [5.41, 5.74) is 3.00. The summed E-state index contributed by atoms with van der Waals surface area (Å²) < 4.78 is 21.4. The van der Waals surface area contributed by atoms with E-state index in [0.717, 1.165) is 42.9 Å². The molecule has 160 valence electrons. The second-order valence-electron chi connectivity index (χ2n) is 6.83. The van der Waals surface area contributed by atoms with Crippen LogP contribution in [-0.4, -0.2) is 53.2 Å². The Morgan fingerprint density at radius 1 is 1.03 bits per heavy atom. The van der Waals surface area contributed by atoms with E-state index in [4.69, 9.17) is 23.9 Å². The lowest BCUT2D eigenvalue weighted by Gasteiger charge is -2.20. The molecule has 2 aromatic carbocycles. The van der Waals surface area contributed by atoms with Crippen LogP contribution < -0.4 is 19.1 Å². The van der Waals surface area contributed by atoms with Crippen LogP contribution in [0.15, 0.2) is 35.3 Å². The summed E-state index contributed by atoms with van der Waals surface area (Å²) in [6.07, 6.45) is 4.03. The second kappa shape index (κ2) is 10.0. The highest BCUT2D eigenvalue weighted by molar-refractivity contribution is 5.93. The van der Waals surface area contributed by atoms with E-state index >= 15 is 0 Å². The maximum atomic E-state index is 12.2. The molecule has 2 aromatic rings. The molecule has 0 spiro atoms. The first-order chi connectivity index (χ1) is 14.6. The quantitative estimate of drug-likeness (QED) is 0.477. The lowest BCUT2D eigenvalue weighted by atomic mass is 10.1. The standard InChI is InChI=1S/C23H28N2O5/c1-5-30-23(26)17-8-9-19(25-10-6-7-11-25)18(14-17)24-15-16-12-20(27-2)22(29-4)21(13-16)28-3/h8-9,12-15H,5-7,10-11H2,1-4H3. The molecule has 1 fully saturated rings. The molecule has 1 aliphatic heterocycles. The molecule has 0 radical (unpaired) electrons. The van der Waals surface area contributed by atoms with E-state index in [-0.39, 0.29) is 5.97 Å². The monoisotopic (exact) mass is 412 g/mol. The maximum absolute atomic E-state index is 12.2. The smallest absolute Gasteiger partial charge is 0.338 e. The molecule has 1 aliphatic rings. The molecule has 0 unspecified atom stereocenters. The third-order valence-corrected chi connectivity index (χ3v) is 4.97. The third-order valence-electron chi connectivity index (χ3n) is 4.97. The molecule has 0 saturated carbocycles. The zero-order valence-corrected chi connectivity index (χ0v) is 17.9. The molecule has 0 bridgehead atoms. The Morgan fingerprint density at radius 3 is 2.27 bits per heavy atom. The predicted octanol–water partition coefficient (Wildman–Crippen LogP) is 4.24. The molecular weight excluding hydrogens is 384 g/mol. The number of carbonyl (C=O) groups is 1. The van der Waals surface area contributed by atoms with Gasteiger partial charge in [-0.3, -0.25) is 4.99 Å². The Hall–Kier alpha value is -3.22. The van der Waals surface area contributed by atoms with Crippen molar-refractivity contribution in [2.45, 2.75) is 19.8 Å². The van der Waals surface area contributed by atoms with Crippen molar-refractivity contribution in [2.24, 2.45) is 4.99 Å². The highest BCUT2D eigenvalue weighted by Crippen LogP contribution is 2.38. The van der Waals surface area contributed by atoms with E-state index in [1.54, 1.807) is 46.6 Å². The maximum Gasteiger partial charge on any atom is 0.338 e. The number of hydrogen-bond acceptors (Lipinski definition) is 7. The van der Waals surface area contributed by atoms with Gasteiger partial charge in [-0.1, -0.05) is 0 Å². The minimum atomic E-state index is -0.352. The van der Waals surface area contributed by atoms with Gasteiger partial charge in [0, 0.05) is 24.9 Å². The van der Waals surface area contributed by atoms with E-state index in [1.165, 1.54) is 0 Å². The fourth-order valence-electron chi connectivity index (χ4n) is 3.51. The Bertz CT molecular complexity index is 895. The summed E-state index contributed by atoms with van der Waals surface area (Å²) in [4.78, 5) is 19.2. The van der Waals surface area contributed by atoms with Crippen LogP contribution in [0.4, 0.5) is 11.4 Å². The summed E-state index contributed by atoms with van der Waals surface area (Å²) in [7, 11) is 4.72. The number of esters is 1. The molecule has 0 aromatic heterocycles. The normalized spacial score (nSPS) is 13.5. The van der Waals surface area contributed by atoms with E-state index in [0.29, 0.717) is 29.4 Å². The van der Waals surface area contributed by atoms with Gasteiger partial charge in [0.1, 0.15) is 0 Å². The summed E-state index contributed by atoms with van der Waals surface area (Å²) in [6.45, 7) is 4.08. The number of ether oxygens (including phenoxy) is 4. The largest absolute Gasteiger partial charge is 0.493 e. The lowest BCUT2D eigenvalue weighted by molar-refractivity contribution is 0.0526. The zero-order valence-electron chi connectivity index (χ0n) is 17.9. The molecule has 7 nitrogen and oxygen atoms in total. The summed E-state index contributed by atoms with van der Waals surface area (Å²) >= 11 is 0. The Labute approximate surface area is 177 Å². The van der Waals surface area contributed by atoms with Crippen LogP contribution in [0.5, 0.6) is 17.2 Å². The summed E-state index contributed by atoms with van der Waals surface area (Å²) in [5.74, 6) is 1.28. The lowest BCUT2D eigenvalue weighted by Crippen LogP contribution is -2.18. The van der Waals surface area contributed by atoms with E-state index < -0.39 is 0 Å². The van der Waals surface area contributed by atoms with Gasteiger partial charge in [-0.05, 0) is 50.1 Å². The molecule has 0 atom stereocenters. The van der Waals surface area contributed by atoms with Gasteiger partial charge >= 0.3 is 5.97 Å². The van der Waals surface area contributed by atoms with Crippen molar-refractivity contribution >= 4 is 23.6 Å². The van der Waals surface area contributed by atoms with Crippen molar-refractivity contribution < 1.29 is 23.7 Å². The van der Waals surface area contributed by atoms with Crippen molar-refractivity contribution in [3.8, 4) is 17.2 Å². The van der Waals surface area contributed by atoms with E-state index in [9.17, 15) is 4.79 Å². The number of carbonyl (C=O) groups excluding carboxylic acids is 1. The van der Waals surface area contributed by atoms with Crippen molar-refractivity contribution in [3.63, 3.8) is 0 Å². The van der Waals surface area contributed by atoms with Crippen LogP contribution >= 0.6 is 0 Å². The topological polar surface area (TPSA) is 69.6 Å². The number of rotatable bonds is 8. The molecular formula is C23H28N2O5. The first kappa shape index (κ1) is 21.5. The van der Waals surface area contributed by atoms with Gasteiger partial charge in [-0.2, -0.15) is 0 Å². The van der Waals surface area contributed by atoms with Crippen molar-refractivity contribution in [1.29, 1.82) is 0 Å². The van der Waals surface area contributed by atoms with Crippen LogP contribution in [0.25, 0.3) is 0 Å². The van der Waals surface area contributed by atoms with Crippen molar-refractivity contribution in [3.05, 3.63) is 41.5 Å². The highest BCUT2D eigenvalue weighted by Gasteiger charge is 2.18. The Balaban J connectivity index is 2.00. The van der Waals surface area contributed by atoms with Gasteiger partial charge in [0.25, 0.3) is 0 Å². The molecule has 0 amide bonds. The number of benzene rings is 2. The van der Waals surface area contributed by atoms with Crippen LogP contribution in [0.3, 0.4) is 0 Å². The minimum absolute atomic E-state index is 0.330. The van der Waals surface area contributed by atoms with Crippen LogP contribution in [0.2, 0.25) is 0 Å². The Kier molecular flexibility index (Phi) is 7.17. The summed E-state index contributed by atoms with van der Waals surface area (Å²) in [5, 5.41) is 0. The second-order valence-corrected chi connectivity index (χ2v) is 6.83. The Morgan fingerprint density at radius 2 is 1.70 bits per heavy atom. The van der Waals surface area contributed by atoms with Crippen LogP contribution in [-0.2, 0) is 4.74 Å². The number of anilines is 1. The van der Waals surface area contributed by atoms with E-state index in [2.05, 4.69) is 4.90 Å². The first-order valence-corrected chi connectivity index (χ1v) is 10.0. The third kappa shape index (κ3) is 4.67. The van der Waals surface area contributed by atoms with Crippen LogP contribution in [0.1, 0.15) is 35.7 Å². The zero-order chi connectivity index (χ0) is 21.5. The fraction of sp³-hybridized carbons (Fsp3) is 0.391. The minimum Gasteiger partial charge on any atom is -0.493 e.